The summed E-state index contributed by atoms with van der Waals surface area (Å²) < 4.78 is 79.2. The van der Waals surface area contributed by atoms with Crippen molar-refractivity contribution in [3.05, 3.63) is 36.3 Å². The number of anilines is 3. The number of carbonyl (C=O) groups excluding carboxylic acids is 2. The third-order valence-electron chi connectivity index (χ3n) is 10.1. The number of aromatic nitrogens is 3. The second-order valence-corrected chi connectivity index (χ2v) is 20.0. The maximum absolute atomic E-state index is 16.5. The first kappa shape index (κ1) is 35.7. The summed E-state index contributed by atoms with van der Waals surface area (Å²) in [6, 6.07) is 5.79. The van der Waals surface area contributed by atoms with Gasteiger partial charge in [-0.1, -0.05) is 17.4 Å². The minimum absolute atomic E-state index is 0.00386. The predicted molar refractivity (Wildman–Crippen MR) is 194 cm³/mol. The molecule has 8 rings (SSSR count). The molecule has 5 aliphatic rings. The summed E-state index contributed by atoms with van der Waals surface area (Å²) in [5, 5.41) is 3.91. The van der Waals surface area contributed by atoms with E-state index in [0.29, 0.717) is 51.9 Å². The van der Waals surface area contributed by atoms with Crippen LogP contribution in [0, 0.1) is 11.2 Å². The van der Waals surface area contributed by atoms with E-state index in [4.69, 9.17) is 19.4 Å². The summed E-state index contributed by atoms with van der Waals surface area (Å²) in [7, 11) is -7.43. The van der Waals surface area contributed by atoms with E-state index in [9.17, 15) is 26.4 Å². The fourth-order valence-corrected chi connectivity index (χ4v) is 12.6. The first-order valence-corrected chi connectivity index (χ1v) is 21.4. The number of benzene rings is 1. The Bertz CT molecular complexity index is 2180. The average Bonchev–Trinajstić information content (AvgIpc) is 3.75. The molecular weight excluding hydrogens is 752 g/mol. The zero-order chi connectivity index (χ0) is 37.5. The molecule has 16 nitrogen and oxygen atoms in total. The van der Waals surface area contributed by atoms with Crippen LogP contribution in [0.25, 0.3) is 21.8 Å². The van der Waals surface area contributed by atoms with E-state index in [1.165, 1.54) is 29.5 Å². The molecule has 5 fully saturated rings. The van der Waals surface area contributed by atoms with Crippen LogP contribution in [-0.4, -0.2) is 115 Å². The van der Waals surface area contributed by atoms with Crippen LogP contribution in [0.1, 0.15) is 46.5 Å². The molecule has 6 heterocycles. The van der Waals surface area contributed by atoms with Gasteiger partial charge in [0.25, 0.3) is 0 Å². The lowest BCUT2D eigenvalue weighted by molar-refractivity contribution is 0.0209. The molecule has 4 saturated heterocycles. The van der Waals surface area contributed by atoms with Crippen molar-refractivity contribution in [2.45, 2.75) is 70.2 Å². The van der Waals surface area contributed by atoms with Crippen LogP contribution in [0.5, 0.6) is 0 Å². The number of nitrogens with zero attached hydrogens (tertiary/aromatic N) is 6. The summed E-state index contributed by atoms with van der Waals surface area (Å²) in [5.74, 6) is -0.176. The van der Waals surface area contributed by atoms with Gasteiger partial charge in [0.2, 0.25) is 5.95 Å². The molecule has 53 heavy (non-hydrogen) atoms. The Labute approximate surface area is 310 Å². The van der Waals surface area contributed by atoms with Gasteiger partial charge in [-0.25, -0.2) is 37.3 Å². The summed E-state index contributed by atoms with van der Waals surface area (Å²) in [4.78, 5) is 43.6. The van der Waals surface area contributed by atoms with Crippen molar-refractivity contribution in [1.82, 2.24) is 24.2 Å². The van der Waals surface area contributed by atoms with Gasteiger partial charge in [-0.05, 0) is 64.7 Å². The SMILES string of the molecule is CC(C)(C)OC(=O)N1CC2CCC(C1)N2c1nc(-c2cccc(NS(=O)(=O)N3CCOC3=O)c2F)c(-c2ccnc(NC3CC4(C3)CS(=O)(=O)C4)n2)s1. The zero-order valence-corrected chi connectivity index (χ0v) is 31.7. The Hall–Kier alpha value is -4.30. The molecule has 0 radical (unpaired) electrons. The molecule has 2 bridgehead atoms. The van der Waals surface area contributed by atoms with E-state index in [2.05, 4.69) is 19.9 Å². The monoisotopic (exact) mass is 790 g/mol. The third-order valence-corrected chi connectivity index (χ3v) is 14.7. The fraction of sp³-hybridized carbons (Fsp3) is 0.545. The van der Waals surface area contributed by atoms with Crippen molar-refractivity contribution >= 4 is 60.3 Å². The van der Waals surface area contributed by atoms with Gasteiger partial charge in [0, 0.05) is 48.4 Å². The number of hydrogen-bond acceptors (Lipinski definition) is 14. The molecule has 1 spiro atoms. The minimum atomic E-state index is -4.48. The minimum Gasteiger partial charge on any atom is -0.447 e. The van der Waals surface area contributed by atoms with Crippen molar-refractivity contribution in [2.24, 2.45) is 5.41 Å². The van der Waals surface area contributed by atoms with Gasteiger partial charge in [-0.2, -0.15) is 12.7 Å². The fourth-order valence-electron chi connectivity index (χ4n) is 8.00. The van der Waals surface area contributed by atoms with Crippen LogP contribution in [0.15, 0.2) is 30.5 Å². The number of sulfone groups is 1. The Morgan fingerprint density at radius 2 is 1.83 bits per heavy atom. The first-order chi connectivity index (χ1) is 25.0. The van der Waals surface area contributed by atoms with E-state index in [1.54, 1.807) is 17.2 Å². The van der Waals surface area contributed by atoms with E-state index >= 15 is 4.39 Å². The third kappa shape index (κ3) is 6.84. The molecule has 1 aromatic carbocycles. The maximum Gasteiger partial charge on any atom is 0.425 e. The number of fused-ring (bicyclic) bond motifs is 2. The topological polar surface area (TPSA) is 193 Å². The number of piperazine rings is 1. The van der Waals surface area contributed by atoms with Crippen LogP contribution in [0.2, 0.25) is 0 Å². The van der Waals surface area contributed by atoms with E-state index in [0.717, 1.165) is 12.8 Å². The standard InChI is InChI=1S/C33H39FN8O8S3/c1-32(2,3)50-30(43)40-15-20-7-8-21(16-40)42(20)29-38-26(22-5-4-6-23(25(22)34)39-53(47,48)41-11-12-49-31(41)44)27(51-29)24-9-10-35-28(37-24)36-19-13-33(14-19)17-52(45,46)18-33/h4-6,9-10,19-21,39H,7-8,11-18H2,1-3H3,(H,35,36,37). The molecule has 284 valence electrons. The number of likely N-dealkylation sites (tertiary alicyclic amines) is 1. The second kappa shape index (κ2) is 12.6. The molecule has 2 unspecified atom stereocenters. The van der Waals surface area contributed by atoms with Crippen LogP contribution in [0.3, 0.4) is 0 Å². The van der Waals surface area contributed by atoms with E-state index in [-0.39, 0.29) is 71.2 Å². The van der Waals surface area contributed by atoms with Gasteiger partial charge in [0.1, 0.15) is 12.2 Å². The smallest absolute Gasteiger partial charge is 0.425 e. The second-order valence-electron chi connectivity index (χ2n) is 15.4. The Morgan fingerprint density at radius 3 is 2.47 bits per heavy atom. The van der Waals surface area contributed by atoms with Gasteiger partial charge >= 0.3 is 22.4 Å². The Kier molecular flexibility index (Phi) is 8.52. The zero-order valence-electron chi connectivity index (χ0n) is 29.2. The van der Waals surface area contributed by atoms with Crippen molar-refractivity contribution < 1.29 is 40.3 Å². The summed E-state index contributed by atoms with van der Waals surface area (Å²) >= 11 is 1.31. The van der Waals surface area contributed by atoms with Gasteiger partial charge in [0.15, 0.2) is 20.8 Å². The molecule has 2 amide bonds. The number of carbonyl (C=O) groups is 2. The normalized spacial score (nSPS) is 23.4. The summed E-state index contributed by atoms with van der Waals surface area (Å²) in [6.45, 7) is 6.00. The average molecular weight is 791 g/mol. The quantitative estimate of drug-likeness (QED) is 0.332. The lowest BCUT2D eigenvalue weighted by Crippen LogP contribution is -2.60. The van der Waals surface area contributed by atoms with Gasteiger partial charge in [-0.3, -0.25) is 4.72 Å². The highest BCUT2D eigenvalue weighted by atomic mass is 32.2. The molecule has 1 aliphatic carbocycles. The number of hydrogen-bond donors (Lipinski definition) is 2. The van der Waals surface area contributed by atoms with Crippen molar-refractivity contribution in [2.75, 3.05) is 52.7 Å². The van der Waals surface area contributed by atoms with E-state index in [1.807, 2.05) is 20.8 Å². The predicted octanol–water partition coefficient (Wildman–Crippen LogP) is 4.09. The van der Waals surface area contributed by atoms with Gasteiger partial charge in [-0.15, -0.1) is 0 Å². The van der Waals surface area contributed by atoms with Gasteiger partial charge < -0.3 is 24.6 Å². The molecule has 2 N–H and O–H groups in total. The number of rotatable bonds is 8. The van der Waals surface area contributed by atoms with Crippen LogP contribution in [0.4, 0.5) is 30.7 Å². The van der Waals surface area contributed by atoms with Crippen molar-refractivity contribution in [1.29, 1.82) is 0 Å². The molecule has 2 atom stereocenters. The largest absolute Gasteiger partial charge is 0.447 e. The molecule has 4 aliphatic heterocycles. The lowest BCUT2D eigenvalue weighted by atomic mass is 9.67. The van der Waals surface area contributed by atoms with Crippen molar-refractivity contribution in [3.8, 4) is 21.8 Å². The highest BCUT2D eigenvalue weighted by Gasteiger charge is 2.56. The van der Waals surface area contributed by atoms with Crippen molar-refractivity contribution in [3.63, 3.8) is 0 Å². The number of cyclic esters (lactones) is 1. The summed E-state index contributed by atoms with van der Waals surface area (Å²) in [6.07, 6.45) is 3.15. The number of amides is 2. The number of halogens is 1. The Morgan fingerprint density at radius 1 is 1.11 bits per heavy atom. The first-order valence-electron chi connectivity index (χ1n) is 17.3. The molecule has 1 saturated carbocycles. The molecular formula is C33H39FN8O8S3. The lowest BCUT2D eigenvalue weighted by Gasteiger charge is -2.53. The molecule has 20 heteroatoms. The number of thiazole rings is 1. The summed E-state index contributed by atoms with van der Waals surface area (Å²) in [5.41, 5.74) is -0.515. The molecule has 2 aromatic heterocycles. The van der Waals surface area contributed by atoms with Crippen LogP contribution < -0.4 is 14.9 Å². The maximum atomic E-state index is 16.5. The van der Waals surface area contributed by atoms with Crippen LogP contribution in [-0.2, 0) is 29.5 Å². The van der Waals surface area contributed by atoms with Gasteiger partial charge in [0.05, 0.1) is 40.0 Å². The molecule has 3 aromatic rings. The number of ether oxygens (including phenoxy) is 2. The number of nitrogens with one attached hydrogen (secondary N) is 2. The van der Waals surface area contributed by atoms with E-state index < -0.39 is 37.6 Å². The van der Waals surface area contributed by atoms with Crippen LogP contribution >= 0.6 is 11.3 Å². The highest BCUT2D eigenvalue weighted by molar-refractivity contribution is 7.92. The highest BCUT2D eigenvalue weighted by Crippen LogP contribution is 2.51. The Balaban J connectivity index is 1.12.